The molecule has 2 aromatic rings. The zero-order valence-electron chi connectivity index (χ0n) is 18.3. The molecule has 32 heavy (non-hydrogen) atoms. The molecule has 0 radical (unpaired) electrons. The average molecular weight is 455 g/mol. The number of urea groups is 1. The highest BCUT2D eigenvalue weighted by Gasteiger charge is 2.51. The molecule has 4 rings (SSSR count). The SMILES string of the molecule is CCC1(c2ccc(Cl)cc2)NC(=O)N(CC(=O)Nc2ccc(N3CCCC3)cc2C)C1=O. The van der Waals surface area contributed by atoms with Gasteiger partial charge < -0.3 is 15.5 Å². The first-order chi connectivity index (χ1) is 15.3. The van der Waals surface area contributed by atoms with Gasteiger partial charge in [-0.1, -0.05) is 30.7 Å². The number of carbonyl (C=O) groups is 3. The van der Waals surface area contributed by atoms with E-state index >= 15 is 0 Å². The zero-order chi connectivity index (χ0) is 22.9. The van der Waals surface area contributed by atoms with E-state index in [1.54, 1.807) is 24.3 Å². The summed E-state index contributed by atoms with van der Waals surface area (Å²) in [6, 6.07) is 12.1. The third kappa shape index (κ3) is 4.05. The van der Waals surface area contributed by atoms with E-state index in [4.69, 9.17) is 11.6 Å². The van der Waals surface area contributed by atoms with Gasteiger partial charge in [-0.15, -0.1) is 0 Å². The summed E-state index contributed by atoms with van der Waals surface area (Å²) >= 11 is 5.97. The Kier molecular flexibility index (Phi) is 6.11. The summed E-state index contributed by atoms with van der Waals surface area (Å²) in [6.07, 6.45) is 2.74. The van der Waals surface area contributed by atoms with Crippen molar-refractivity contribution in [2.24, 2.45) is 0 Å². The molecular formula is C24H27ClN4O3. The van der Waals surface area contributed by atoms with Gasteiger partial charge in [-0.3, -0.25) is 14.5 Å². The minimum atomic E-state index is -1.20. The Morgan fingerprint density at radius 1 is 1.12 bits per heavy atom. The molecule has 168 valence electrons. The lowest BCUT2D eigenvalue weighted by molar-refractivity contribution is -0.134. The van der Waals surface area contributed by atoms with Crippen molar-refractivity contribution in [3.8, 4) is 0 Å². The third-order valence-electron chi connectivity index (χ3n) is 6.30. The van der Waals surface area contributed by atoms with Crippen molar-refractivity contribution >= 4 is 40.8 Å². The van der Waals surface area contributed by atoms with Gasteiger partial charge in [0.05, 0.1) is 0 Å². The van der Waals surface area contributed by atoms with Gasteiger partial charge in [0, 0.05) is 29.5 Å². The van der Waals surface area contributed by atoms with Crippen LogP contribution < -0.4 is 15.5 Å². The molecule has 0 spiro atoms. The molecule has 2 fully saturated rings. The number of hydrogen-bond donors (Lipinski definition) is 2. The highest BCUT2D eigenvalue weighted by atomic mass is 35.5. The summed E-state index contributed by atoms with van der Waals surface area (Å²) in [6.45, 7) is 5.49. The quantitative estimate of drug-likeness (QED) is 0.645. The van der Waals surface area contributed by atoms with E-state index in [9.17, 15) is 14.4 Å². The molecule has 2 aliphatic heterocycles. The van der Waals surface area contributed by atoms with E-state index in [2.05, 4.69) is 21.6 Å². The standard InChI is InChI=1S/C24H27ClN4O3/c1-3-24(17-6-8-18(25)9-7-17)22(31)29(23(32)27-24)15-21(30)26-20-11-10-19(14-16(20)2)28-12-4-5-13-28/h6-11,14H,3-5,12-13,15H2,1-2H3,(H,26,30)(H,27,32). The molecule has 8 heteroatoms. The smallest absolute Gasteiger partial charge is 0.325 e. The highest BCUT2D eigenvalue weighted by molar-refractivity contribution is 6.30. The molecule has 4 amide bonds. The normalized spacial score (nSPS) is 20.6. The second-order valence-corrected chi connectivity index (χ2v) is 8.77. The minimum absolute atomic E-state index is 0.354. The first-order valence-electron chi connectivity index (χ1n) is 10.9. The van der Waals surface area contributed by atoms with E-state index in [0.29, 0.717) is 22.7 Å². The van der Waals surface area contributed by atoms with Gasteiger partial charge in [-0.05, 0) is 67.6 Å². The lowest BCUT2D eigenvalue weighted by atomic mass is 9.87. The summed E-state index contributed by atoms with van der Waals surface area (Å²) in [5, 5.41) is 6.16. The molecule has 7 nitrogen and oxygen atoms in total. The number of aryl methyl sites for hydroxylation is 1. The molecule has 0 bridgehead atoms. The molecular weight excluding hydrogens is 428 g/mol. The molecule has 1 unspecified atom stereocenters. The number of imide groups is 1. The predicted molar refractivity (Wildman–Crippen MR) is 125 cm³/mol. The zero-order valence-corrected chi connectivity index (χ0v) is 19.0. The number of anilines is 2. The third-order valence-corrected chi connectivity index (χ3v) is 6.55. The predicted octanol–water partition coefficient (Wildman–Crippen LogP) is 4.04. The molecule has 2 aromatic carbocycles. The molecule has 0 aromatic heterocycles. The Hall–Kier alpha value is -3.06. The number of nitrogens with zero attached hydrogens (tertiary/aromatic N) is 2. The van der Waals surface area contributed by atoms with Gasteiger partial charge in [0.15, 0.2) is 0 Å². The Morgan fingerprint density at radius 2 is 1.81 bits per heavy atom. The highest BCUT2D eigenvalue weighted by Crippen LogP contribution is 2.33. The number of amides is 4. The van der Waals surface area contributed by atoms with Crippen LogP contribution in [0.1, 0.15) is 37.3 Å². The van der Waals surface area contributed by atoms with E-state index in [1.807, 2.05) is 26.0 Å². The van der Waals surface area contributed by atoms with Crippen LogP contribution in [0.25, 0.3) is 0 Å². The first-order valence-corrected chi connectivity index (χ1v) is 11.3. The van der Waals surface area contributed by atoms with Crippen LogP contribution in [0.4, 0.5) is 16.2 Å². The Labute approximate surface area is 192 Å². The second-order valence-electron chi connectivity index (χ2n) is 8.33. The maximum absolute atomic E-state index is 13.2. The molecule has 2 aliphatic rings. The fourth-order valence-electron chi connectivity index (χ4n) is 4.44. The van der Waals surface area contributed by atoms with E-state index < -0.39 is 23.4 Å². The van der Waals surface area contributed by atoms with Crippen LogP contribution in [0.2, 0.25) is 5.02 Å². The number of nitrogens with one attached hydrogen (secondary N) is 2. The van der Waals surface area contributed by atoms with Crippen molar-refractivity contribution in [2.75, 3.05) is 29.9 Å². The van der Waals surface area contributed by atoms with Gasteiger partial charge in [0.25, 0.3) is 5.91 Å². The summed E-state index contributed by atoms with van der Waals surface area (Å²) < 4.78 is 0. The lowest BCUT2D eigenvalue weighted by Gasteiger charge is -2.25. The summed E-state index contributed by atoms with van der Waals surface area (Å²) in [4.78, 5) is 41.9. The van der Waals surface area contributed by atoms with E-state index in [1.165, 1.54) is 12.8 Å². The van der Waals surface area contributed by atoms with Gasteiger partial charge in [-0.25, -0.2) is 4.79 Å². The number of halogens is 1. The fourth-order valence-corrected chi connectivity index (χ4v) is 4.56. The minimum Gasteiger partial charge on any atom is -0.372 e. The summed E-state index contributed by atoms with van der Waals surface area (Å²) in [7, 11) is 0. The van der Waals surface area contributed by atoms with Gasteiger partial charge >= 0.3 is 6.03 Å². The molecule has 0 aliphatic carbocycles. The molecule has 1 atom stereocenters. The number of benzene rings is 2. The van der Waals surface area contributed by atoms with Crippen LogP contribution in [0.5, 0.6) is 0 Å². The van der Waals surface area contributed by atoms with Gasteiger partial charge in [0.2, 0.25) is 5.91 Å². The topological polar surface area (TPSA) is 81.8 Å². The Bertz CT molecular complexity index is 1050. The molecule has 2 saturated heterocycles. The van der Waals surface area contributed by atoms with Crippen molar-refractivity contribution in [2.45, 2.75) is 38.6 Å². The Balaban J connectivity index is 1.47. The lowest BCUT2D eigenvalue weighted by Crippen LogP contribution is -2.44. The molecule has 2 heterocycles. The van der Waals surface area contributed by atoms with Crippen LogP contribution in [-0.4, -0.2) is 42.4 Å². The molecule has 2 N–H and O–H groups in total. The van der Waals surface area contributed by atoms with E-state index in [0.717, 1.165) is 29.2 Å². The van der Waals surface area contributed by atoms with Gasteiger partial charge in [0.1, 0.15) is 12.1 Å². The number of hydrogen-bond acceptors (Lipinski definition) is 4. The van der Waals surface area contributed by atoms with E-state index in [-0.39, 0.29) is 6.54 Å². The number of carbonyl (C=O) groups excluding carboxylic acids is 3. The van der Waals surface area contributed by atoms with Crippen molar-refractivity contribution < 1.29 is 14.4 Å². The van der Waals surface area contributed by atoms with Crippen LogP contribution in [0.15, 0.2) is 42.5 Å². The van der Waals surface area contributed by atoms with Crippen LogP contribution in [0, 0.1) is 6.92 Å². The summed E-state index contributed by atoms with van der Waals surface area (Å²) in [5.41, 5.74) is 2.19. The van der Waals surface area contributed by atoms with Crippen molar-refractivity contribution in [1.82, 2.24) is 10.2 Å². The monoisotopic (exact) mass is 454 g/mol. The maximum Gasteiger partial charge on any atom is 0.325 e. The van der Waals surface area contributed by atoms with Crippen molar-refractivity contribution in [1.29, 1.82) is 0 Å². The largest absolute Gasteiger partial charge is 0.372 e. The summed E-state index contributed by atoms with van der Waals surface area (Å²) in [5.74, 6) is -0.864. The van der Waals surface area contributed by atoms with Crippen LogP contribution >= 0.6 is 11.6 Å². The van der Waals surface area contributed by atoms with Crippen LogP contribution in [-0.2, 0) is 15.1 Å². The Morgan fingerprint density at radius 3 is 2.44 bits per heavy atom. The maximum atomic E-state index is 13.2. The van der Waals surface area contributed by atoms with Crippen molar-refractivity contribution in [3.05, 3.63) is 58.6 Å². The number of rotatable bonds is 6. The average Bonchev–Trinajstić information content (AvgIpc) is 3.39. The molecule has 0 saturated carbocycles. The van der Waals surface area contributed by atoms with Crippen LogP contribution in [0.3, 0.4) is 0 Å². The fraction of sp³-hybridized carbons (Fsp3) is 0.375. The van der Waals surface area contributed by atoms with Crippen molar-refractivity contribution in [3.63, 3.8) is 0 Å². The first kappa shape index (κ1) is 22.1. The van der Waals surface area contributed by atoms with Gasteiger partial charge in [-0.2, -0.15) is 0 Å². The second kappa shape index (κ2) is 8.82.